The van der Waals surface area contributed by atoms with Crippen molar-refractivity contribution in [2.24, 2.45) is 0 Å². The molecule has 0 saturated heterocycles. The maximum atomic E-state index is 5.55. The van der Waals surface area contributed by atoms with E-state index in [2.05, 4.69) is 10.1 Å². The fourth-order valence-corrected chi connectivity index (χ4v) is 1.33. The van der Waals surface area contributed by atoms with Crippen LogP contribution >= 0.6 is 11.6 Å². The molecular weight excluding hydrogens is 228 g/mol. The summed E-state index contributed by atoms with van der Waals surface area (Å²) in [7, 11) is 0. The summed E-state index contributed by atoms with van der Waals surface area (Å²) in [6.45, 7) is 0.508. The summed E-state index contributed by atoms with van der Waals surface area (Å²) in [5.41, 5.74) is 0. The van der Waals surface area contributed by atoms with E-state index < -0.39 is 0 Å². The second-order valence-corrected chi connectivity index (χ2v) is 3.42. The molecule has 0 spiro atoms. The molecule has 1 aromatic carbocycles. The lowest BCUT2D eigenvalue weighted by Crippen LogP contribution is -2.01. The number of alkyl halides is 1. The highest BCUT2D eigenvalue weighted by Crippen LogP contribution is 2.09. The Morgan fingerprint density at radius 1 is 1.25 bits per heavy atom. The predicted molar refractivity (Wildman–Crippen MR) is 59.5 cm³/mol. The van der Waals surface area contributed by atoms with Gasteiger partial charge in [-0.1, -0.05) is 23.4 Å². The number of hydrogen-bond acceptors (Lipinski definition) is 4. The van der Waals surface area contributed by atoms with Crippen LogP contribution < -0.4 is 4.74 Å². The zero-order valence-electron chi connectivity index (χ0n) is 8.60. The van der Waals surface area contributed by atoms with E-state index in [9.17, 15) is 0 Å². The van der Waals surface area contributed by atoms with Crippen LogP contribution in [0.25, 0.3) is 0 Å². The van der Waals surface area contributed by atoms with Gasteiger partial charge in [-0.25, -0.2) is 0 Å². The van der Waals surface area contributed by atoms with Crippen LogP contribution in [0.1, 0.15) is 11.7 Å². The Labute approximate surface area is 98.2 Å². The number of halogens is 1. The Hall–Kier alpha value is -1.55. The lowest BCUT2D eigenvalue weighted by atomic mass is 10.3. The minimum absolute atomic E-state index is 0.267. The molecule has 0 aliphatic carbocycles. The van der Waals surface area contributed by atoms with Gasteiger partial charge in [-0.2, -0.15) is 4.98 Å². The van der Waals surface area contributed by atoms with Gasteiger partial charge < -0.3 is 9.26 Å². The Morgan fingerprint density at radius 2 is 2.06 bits per heavy atom. The molecule has 0 N–H and O–H groups in total. The van der Waals surface area contributed by atoms with Crippen molar-refractivity contribution in [1.82, 2.24) is 10.1 Å². The molecule has 5 heteroatoms. The maximum absolute atomic E-state index is 5.55. The zero-order valence-corrected chi connectivity index (χ0v) is 9.35. The SMILES string of the molecule is ClCc1noc(CCOc2ccccc2)n1. The first-order valence-corrected chi connectivity index (χ1v) is 5.47. The van der Waals surface area contributed by atoms with E-state index in [1.807, 2.05) is 30.3 Å². The van der Waals surface area contributed by atoms with Crippen molar-refractivity contribution in [1.29, 1.82) is 0 Å². The van der Waals surface area contributed by atoms with Crippen LogP contribution in [-0.2, 0) is 12.3 Å². The molecule has 4 nitrogen and oxygen atoms in total. The van der Waals surface area contributed by atoms with Crippen molar-refractivity contribution in [3.05, 3.63) is 42.0 Å². The maximum Gasteiger partial charge on any atom is 0.230 e. The van der Waals surface area contributed by atoms with Gasteiger partial charge in [0.25, 0.3) is 0 Å². The van der Waals surface area contributed by atoms with Gasteiger partial charge in [0.05, 0.1) is 18.9 Å². The Kier molecular flexibility index (Phi) is 3.77. The molecule has 0 saturated carbocycles. The Balaban J connectivity index is 1.80. The largest absolute Gasteiger partial charge is 0.493 e. The molecular formula is C11H11ClN2O2. The predicted octanol–water partition coefficient (Wildman–Crippen LogP) is 2.43. The number of ether oxygens (including phenoxy) is 1. The van der Waals surface area contributed by atoms with Gasteiger partial charge in [0.15, 0.2) is 5.82 Å². The van der Waals surface area contributed by atoms with E-state index >= 15 is 0 Å². The smallest absolute Gasteiger partial charge is 0.230 e. The summed E-state index contributed by atoms with van der Waals surface area (Å²) in [4.78, 5) is 4.07. The van der Waals surface area contributed by atoms with Gasteiger partial charge in [-0.05, 0) is 12.1 Å². The molecule has 0 unspecified atom stereocenters. The van der Waals surface area contributed by atoms with E-state index in [0.717, 1.165) is 5.75 Å². The van der Waals surface area contributed by atoms with E-state index in [-0.39, 0.29) is 5.88 Å². The normalized spacial score (nSPS) is 10.3. The van der Waals surface area contributed by atoms with E-state index in [4.69, 9.17) is 20.9 Å². The second-order valence-electron chi connectivity index (χ2n) is 3.15. The highest BCUT2D eigenvalue weighted by Gasteiger charge is 2.04. The molecule has 84 valence electrons. The molecule has 0 aliphatic rings. The van der Waals surface area contributed by atoms with E-state index in [1.54, 1.807) is 0 Å². The fourth-order valence-electron chi connectivity index (χ4n) is 1.22. The van der Waals surface area contributed by atoms with Crippen molar-refractivity contribution >= 4 is 11.6 Å². The number of benzene rings is 1. The standard InChI is InChI=1S/C11H11ClN2O2/c12-8-10-13-11(16-14-10)6-7-15-9-4-2-1-3-5-9/h1-5H,6-8H2. The van der Waals surface area contributed by atoms with Gasteiger partial charge >= 0.3 is 0 Å². The Morgan fingerprint density at radius 3 is 2.75 bits per heavy atom. The van der Waals surface area contributed by atoms with Crippen LogP contribution in [0.4, 0.5) is 0 Å². The molecule has 0 aliphatic heterocycles. The molecule has 0 radical (unpaired) electrons. The van der Waals surface area contributed by atoms with Crippen LogP contribution in [0.15, 0.2) is 34.9 Å². The number of hydrogen-bond donors (Lipinski definition) is 0. The average Bonchev–Trinajstić information content (AvgIpc) is 2.78. The van der Waals surface area contributed by atoms with Crippen LogP contribution in [-0.4, -0.2) is 16.7 Å². The van der Waals surface area contributed by atoms with Crippen LogP contribution in [0.5, 0.6) is 5.75 Å². The van der Waals surface area contributed by atoms with Gasteiger partial charge in [-0.15, -0.1) is 11.6 Å². The third kappa shape index (κ3) is 2.97. The van der Waals surface area contributed by atoms with E-state index in [1.165, 1.54) is 0 Å². The topological polar surface area (TPSA) is 48.2 Å². The zero-order chi connectivity index (χ0) is 11.2. The van der Waals surface area contributed by atoms with Crippen molar-refractivity contribution in [2.45, 2.75) is 12.3 Å². The fraction of sp³-hybridized carbons (Fsp3) is 0.273. The first kappa shape index (κ1) is 11.0. The summed E-state index contributed by atoms with van der Waals surface area (Å²) in [6.07, 6.45) is 0.582. The van der Waals surface area contributed by atoms with Crippen molar-refractivity contribution in [2.75, 3.05) is 6.61 Å². The average molecular weight is 239 g/mol. The number of rotatable bonds is 5. The number of nitrogens with zero attached hydrogens (tertiary/aromatic N) is 2. The third-order valence-corrected chi connectivity index (χ3v) is 2.20. The van der Waals surface area contributed by atoms with Gasteiger partial charge in [-0.3, -0.25) is 0 Å². The lowest BCUT2D eigenvalue weighted by molar-refractivity contribution is 0.292. The van der Waals surface area contributed by atoms with Crippen LogP contribution in [0.3, 0.4) is 0 Å². The summed E-state index contributed by atoms with van der Waals surface area (Å²) < 4.78 is 10.5. The quantitative estimate of drug-likeness (QED) is 0.751. The molecule has 0 fully saturated rings. The third-order valence-electron chi connectivity index (χ3n) is 1.96. The first-order valence-electron chi connectivity index (χ1n) is 4.94. The molecule has 0 bridgehead atoms. The minimum Gasteiger partial charge on any atom is -0.493 e. The first-order chi connectivity index (χ1) is 7.88. The van der Waals surface area contributed by atoms with Gasteiger partial charge in [0.1, 0.15) is 5.75 Å². The highest BCUT2D eigenvalue weighted by molar-refractivity contribution is 6.16. The molecule has 16 heavy (non-hydrogen) atoms. The molecule has 1 heterocycles. The molecule has 2 rings (SSSR count). The molecule has 2 aromatic rings. The summed E-state index contributed by atoms with van der Waals surface area (Å²) in [5.74, 6) is 2.16. The lowest BCUT2D eigenvalue weighted by Gasteiger charge is -2.02. The summed E-state index contributed by atoms with van der Waals surface area (Å²) in [6, 6.07) is 9.59. The van der Waals surface area contributed by atoms with Gasteiger partial charge in [0.2, 0.25) is 5.89 Å². The minimum atomic E-state index is 0.267. The molecule has 1 aromatic heterocycles. The number of para-hydroxylation sites is 1. The van der Waals surface area contributed by atoms with Crippen molar-refractivity contribution in [3.63, 3.8) is 0 Å². The summed E-state index contributed by atoms with van der Waals surface area (Å²) in [5, 5.41) is 3.69. The van der Waals surface area contributed by atoms with Crippen LogP contribution in [0, 0.1) is 0 Å². The van der Waals surface area contributed by atoms with Gasteiger partial charge in [0, 0.05) is 0 Å². The van der Waals surface area contributed by atoms with Crippen LogP contribution in [0.2, 0.25) is 0 Å². The highest BCUT2D eigenvalue weighted by atomic mass is 35.5. The second kappa shape index (κ2) is 5.51. The van der Waals surface area contributed by atoms with Crippen molar-refractivity contribution < 1.29 is 9.26 Å². The monoisotopic (exact) mass is 238 g/mol. The number of aromatic nitrogens is 2. The molecule has 0 amide bonds. The molecule has 0 atom stereocenters. The Bertz CT molecular complexity index is 431. The summed E-state index contributed by atoms with van der Waals surface area (Å²) >= 11 is 5.55. The van der Waals surface area contributed by atoms with E-state index in [0.29, 0.717) is 24.7 Å². The van der Waals surface area contributed by atoms with Crippen molar-refractivity contribution in [3.8, 4) is 5.75 Å².